The average molecular weight is 451 g/mol. The maximum Gasteiger partial charge on any atom is 0.200 e. The van der Waals surface area contributed by atoms with Gasteiger partial charge in [-0.1, -0.05) is 18.2 Å². The summed E-state index contributed by atoms with van der Waals surface area (Å²) < 4.78 is 63.4. The molecule has 2 aromatic rings. The lowest BCUT2D eigenvalue weighted by molar-refractivity contribution is 0.181. The van der Waals surface area contributed by atoms with Crippen LogP contribution < -0.4 is 4.74 Å². The lowest BCUT2D eigenvalue weighted by atomic mass is 9.75. The van der Waals surface area contributed by atoms with E-state index >= 15 is 4.39 Å². The summed E-state index contributed by atoms with van der Waals surface area (Å²) in [5.74, 6) is -3.54. The van der Waals surface area contributed by atoms with Crippen molar-refractivity contribution in [2.45, 2.75) is 69.1 Å². The molecule has 0 heterocycles. The Balaban J connectivity index is 1.45. The standard InChI is InChI=1S/C26H30F4O2/c1-32-22-13-12-21(25(29)26(22)30)18-8-6-17(7-9-18)20-11-10-19(23(27)24(20)28)16-4-2-15(14-31)3-5-16/h10-13,15-18,31H,2-9,14H2,1H3. The fourth-order valence-electron chi connectivity index (χ4n) is 5.60. The number of ether oxygens (including phenoxy) is 1. The lowest BCUT2D eigenvalue weighted by Crippen LogP contribution is -2.18. The summed E-state index contributed by atoms with van der Waals surface area (Å²) in [5.41, 5.74) is 1.14. The van der Waals surface area contributed by atoms with Crippen molar-refractivity contribution in [3.8, 4) is 5.75 Å². The number of rotatable bonds is 5. The molecule has 0 bridgehead atoms. The van der Waals surface area contributed by atoms with Gasteiger partial charge in [0.2, 0.25) is 5.82 Å². The number of methoxy groups -OCH3 is 1. The van der Waals surface area contributed by atoms with Gasteiger partial charge in [-0.15, -0.1) is 0 Å². The molecule has 4 rings (SSSR count). The minimum absolute atomic E-state index is 0.00923. The summed E-state index contributed by atoms with van der Waals surface area (Å²) in [4.78, 5) is 0. The van der Waals surface area contributed by atoms with Crippen molar-refractivity contribution in [1.82, 2.24) is 0 Å². The van der Waals surface area contributed by atoms with Crippen LogP contribution >= 0.6 is 0 Å². The number of aliphatic hydroxyl groups is 1. The zero-order valence-corrected chi connectivity index (χ0v) is 18.4. The summed E-state index contributed by atoms with van der Waals surface area (Å²) in [6.07, 6.45) is 5.53. The molecule has 0 saturated heterocycles. The normalized spacial score (nSPS) is 26.2. The van der Waals surface area contributed by atoms with Crippen molar-refractivity contribution in [3.63, 3.8) is 0 Å². The Morgan fingerprint density at radius 3 is 1.44 bits per heavy atom. The maximum atomic E-state index is 15.0. The lowest BCUT2D eigenvalue weighted by Gasteiger charge is -2.31. The fraction of sp³-hybridized carbons (Fsp3) is 0.538. The van der Waals surface area contributed by atoms with Crippen molar-refractivity contribution < 1.29 is 27.4 Å². The molecule has 0 unspecified atom stereocenters. The molecule has 1 N–H and O–H groups in total. The minimum Gasteiger partial charge on any atom is -0.494 e. The van der Waals surface area contributed by atoms with Crippen molar-refractivity contribution in [2.24, 2.45) is 5.92 Å². The Hall–Kier alpha value is -2.08. The summed E-state index contributed by atoms with van der Waals surface area (Å²) in [5, 5.41) is 9.29. The van der Waals surface area contributed by atoms with Crippen molar-refractivity contribution in [2.75, 3.05) is 13.7 Å². The maximum absolute atomic E-state index is 15.0. The fourth-order valence-corrected chi connectivity index (χ4v) is 5.60. The number of aliphatic hydroxyl groups excluding tert-OH is 1. The predicted octanol–water partition coefficient (Wildman–Crippen LogP) is 6.96. The van der Waals surface area contributed by atoms with E-state index in [1.54, 1.807) is 18.2 Å². The first-order chi connectivity index (χ1) is 15.4. The first kappa shape index (κ1) is 23.1. The Labute approximate surface area is 186 Å². The summed E-state index contributed by atoms with van der Waals surface area (Å²) in [6, 6.07) is 6.43. The number of hydrogen-bond donors (Lipinski definition) is 1. The quantitative estimate of drug-likeness (QED) is 0.499. The van der Waals surface area contributed by atoms with Gasteiger partial charge in [0, 0.05) is 6.61 Å². The average Bonchev–Trinajstić information content (AvgIpc) is 2.83. The van der Waals surface area contributed by atoms with E-state index in [0.717, 1.165) is 25.7 Å². The van der Waals surface area contributed by atoms with Crippen molar-refractivity contribution >= 4 is 0 Å². The van der Waals surface area contributed by atoms with Crippen LogP contribution in [0.4, 0.5) is 17.6 Å². The van der Waals surface area contributed by atoms with Gasteiger partial charge in [-0.3, -0.25) is 0 Å². The molecule has 0 amide bonds. The number of hydrogen-bond acceptors (Lipinski definition) is 2. The Morgan fingerprint density at radius 1 is 0.656 bits per heavy atom. The van der Waals surface area contributed by atoms with Crippen LogP contribution in [0.25, 0.3) is 0 Å². The second-order valence-corrected chi connectivity index (χ2v) is 9.31. The van der Waals surface area contributed by atoms with Gasteiger partial charge in [-0.25, -0.2) is 13.2 Å². The summed E-state index contributed by atoms with van der Waals surface area (Å²) >= 11 is 0. The molecule has 0 radical (unpaired) electrons. The van der Waals surface area contributed by atoms with Gasteiger partial charge in [0.15, 0.2) is 23.2 Å². The third-order valence-corrected chi connectivity index (χ3v) is 7.59. The zero-order chi connectivity index (χ0) is 22.8. The van der Waals surface area contributed by atoms with Crippen LogP contribution in [0.1, 0.15) is 85.8 Å². The smallest absolute Gasteiger partial charge is 0.200 e. The van der Waals surface area contributed by atoms with Crippen LogP contribution in [0.3, 0.4) is 0 Å². The van der Waals surface area contributed by atoms with Crippen LogP contribution in [-0.4, -0.2) is 18.8 Å². The van der Waals surface area contributed by atoms with Crippen LogP contribution in [0, 0.1) is 29.2 Å². The molecule has 2 fully saturated rings. The molecule has 2 nitrogen and oxygen atoms in total. The summed E-state index contributed by atoms with van der Waals surface area (Å²) in [6.45, 7) is 0.151. The first-order valence-corrected chi connectivity index (χ1v) is 11.5. The van der Waals surface area contributed by atoms with Gasteiger partial charge in [-0.05, 0) is 97.8 Å². The molecule has 0 aromatic heterocycles. The highest BCUT2D eigenvalue weighted by molar-refractivity contribution is 5.35. The van der Waals surface area contributed by atoms with E-state index in [1.807, 2.05) is 0 Å². The topological polar surface area (TPSA) is 29.5 Å². The number of benzene rings is 2. The molecule has 32 heavy (non-hydrogen) atoms. The highest BCUT2D eigenvalue weighted by Gasteiger charge is 2.31. The molecule has 2 aliphatic rings. The summed E-state index contributed by atoms with van der Waals surface area (Å²) in [7, 11) is 1.29. The minimum atomic E-state index is -0.983. The van der Waals surface area contributed by atoms with E-state index in [-0.39, 0.29) is 36.0 Å². The van der Waals surface area contributed by atoms with Crippen LogP contribution in [-0.2, 0) is 0 Å². The molecule has 174 valence electrons. The highest BCUT2D eigenvalue weighted by Crippen LogP contribution is 2.44. The van der Waals surface area contributed by atoms with Gasteiger partial charge in [0.25, 0.3) is 0 Å². The van der Waals surface area contributed by atoms with E-state index in [9.17, 15) is 18.3 Å². The SMILES string of the molecule is COc1ccc(C2CCC(c3ccc(C4CCC(CO)CC4)c(F)c3F)CC2)c(F)c1F. The Morgan fingerprint density at radius 2 is 1.03 bits per heavy atom. The first-order valence-electron chi connectivity index (χ1n) is 11.5. The zero-order valence-electron chi connectivity index (χ0n) is 18.4. The molecule has 0 atom stereocenters. The third kappa shape index (κ3) is 4.39. The van der Waals surface area contributed by atoms with Gasteiger partial charge >= 0.3 is 0 Å². The van der Waals surface area contributed by atoms with Crippen LogP contribution in [0.5, 0.6) is 5.75 Å². The molecule has 0 spiro atoms. The van der Waals surface area contributed by atoms with Gasteiger partial charge in [-0.2, -0.15) is 4.39 Å². The van der Waals surface area contributed by atoms with Crippen LogP contribution in [0.15, 0.2) is 24.3 Å². The monoisotopic (exact) mass is 450 g/mol. The molecular weight excluding hydrogens is 420 g/mol. The van der Waals surface area contributed by atoms with Crippen molar-refractivity contribution in [1.29, 1.82) is 0 Å². The molecule has 6 heteroatoms. The van der Waals surface area contributed by atoms with Crippen molar-refractivity contribution in [3.05, 3.63) is 64.2 Å². The Kier molecular flexibility index (Phi) is 7.08. The van der Waals surface area contributed by atoms with Gasteiger partial charge in [0.05, 0.1) is 7.11 Å². The Bertz CT molecular complexity index is 945. The molecule has 2 aliphatic carbocycles. The van der Waals surface area contributed by atoms with Crippen LogP contribution in [0.2, 0.25) is 0 Å². The van der Waals surface area contributed by atoms with E-state index in [2.05, 4.69) is 0 Å². The van der Waals surface area contributed by atoms with Gasteiger partial charge in [0.1, 0.15) is 0 Å². The molecule has 2 saturated carbocycles. The van der Waals surface area contributed by atoms with Gasteiger partial charge < -0.3 is 9.84 Å². The van der Waals surface area contributed by atoms with E-state index in [4.69, 9.17) is 4.74 Å². The van der Waals surface area contributed by atoms with E-state index in [0.29, 0.717) is 42.4 Å². The largest absolute Gasteiger partial charge is 0.494 e. The second-order valence-electron chi connectivity index (χ2n) is 9.31. The molecule has 0 aliphatic heterocycles. The third-order valence-electron chi connectivity index (χ3n) is 7.59. The number of halogens is 4. The predicted molar refractivity (Wildman–Crippen MR) is 115 cm³/mol. The van der Waals surface area contributed by atoms with E-state index in [1.165, 1.54) is 13.2 Å². The second kappa shape index (κ2) is 9.82. The molecular formula is C26H30F4O2. The highest BCUT2D eigenvalue weighted by atomic mass is 19.2. The molecule has 2 aromatic carbocycles. The van der Waals surface area contributed by atoms with E-state index < -0.39 is 23.3 Å².